The maximum atomic E-state index is 4.89. The van der Waals surface area contributed by atoms with Crippen LogP contribution in [0.15, 0.2) is 35.3 Å². The van der Waals surface area contributed by atoms with Crippen LogP contribution in [-0.2, 0) is 13.6 Å². The number of aryl methyl sites for hydroxylation is 1. The second-order valence-corrected chi connectivity index (χ2v) is 8.61. The second kappa shape index (κ2) is 11.7. The molecule has 2 aromatic rings. The Labute approximate surface area is 203 Å². The van der Waals surface area contributed by atoms with E-state index in [4.69, 9.17) is 4.99 Å². The summed E-state index contributed by atoms with van der Waals surface area (Å²) < 4.78 is 2.01. The predicted octanol–water partition coefficient (Wildman–Crippen LogP) is 3.78. The molecule has 2 N–H and O–H groups in total. The smallest absolute Gasteiger partial charge is 0.192 e. The average molecular weight is 537 g/mol. The van der Waals surface area contributed by atoms with Crippen molar-refractivity contribution in [3.63, 3.8) is 0 Å². The molecule has 4 rings (SSSR count). The van der Waals surface area contributed by atoms with Crippen molar-refractivity contribution in [2.24, 2.45) is 12.0 Å². The molecule has 2 fully saturated rings. The van der Waals surface area contributed by atoms with Crippen molar-refractivity contribution in [1.82, 2.24) is 25.4 Å². The summed E-state index contributed by atoms with van der Waals surface area (Å²) in [5.41, 5.74) is 1.32. The van der Waals surface area contributed by atoms with Crippen LogP contribution in [0.3, 0.4) is 0 Å². The highest BCUT2D eigenvalue weighted by Crippen LogP contribution is 2.20. The molecule has 0 amide bonds. The van der Waals surface area contributed by atoms with Crippen LogP contribution < -0.4 is 15.5 Å². The zero-order chi connectivity index (χ0) is 20.8. The summed E-state index contributed by atoms with van der Waals surface area (Å²) in [5, 5.41) is 15.9. The minimum Gasteiger partial charge on any atom is -0.371 e. The standard InChI is InChI=1S/C23H35N7.HI/c1-18-27-28-22(29(18)2)17-24-23(25-19-9-5-3-6-10-19)26-20-13-15-30(16-14-20)21-11-7-4-8-12-21;/h4,7-8,11-12,19-20H,3,5-6,9-10,13-17H2,1-2H3,(H2,24,25,26);1H. The Morgan fingerprint density at radius 3 is 2.23 bits per heavy atom. The van der Waals surface area contributed by atoms with Gasteiger partial charge in [-0.2, -0.15) is 0 Å². The summed E-state index contributed by atoms with van der Waals surface area (Å²) in [6, 6.07) is 11.7. The third-order valence-corrected chi connectivity index (χ3v) is 6.46. The number of benzene rings is 1. The number of rotatable bonds is 5. The van der Waals surface area contributed by atoms with Gasteiger partial charge in [-0.3, -0.25) is 0 Å². The van der Waals surface area contributed by atoms with E-state index in [-0.39, 0.29) is 24.0 Å². The Bertz CT molecular complexity index is 822. The summed E-state index contributed by atoms with van der Waals surface area (Å²) in [5.74, 6) is 2.75. The molecule has 170 valence electrons. The van der Waals surface area contributed by atoms with Gasteiger partial charge in [0.25, 0.3) is 0 Å². The van der Waals surface area contributed by atoms with Crippen LogP contribution >= 0.6 is 24.0 Å². The van der Waals surface area contributed by atoms with Gasteiger partial charge >= 0.3 is 0 Å². The summed E-state index contributed by atoms with van der Waals surface area (Å²) in [7, 11) is 2.00. The molecular formula is C23H36IN7. The van der Waals surface area contributed by atoms with Gasteiger partial charge in [0.05, 0.1) is 0 Å². The number of guanidine groups is 1. The monoisotopic (exact) mass is 537 g/mol. The van der Waals surface area contributed by atoms with E-state index in [1.165, 1.54) is 37.8 Å². The van der Waals surface area contributed by atoms with Crippen LogP contribution in [0.25, 0.3) is 0 Å². The first-order valence-electron chi connectivity index (χ1n) is 11.4. The highest BCUT2D eigenvalue weighted by molar-refractivity contribution is 14.0. The lowest BCUT2D eigenvalue weighted by Crippen LogP contribution is -2.51. The zero-order valence-electron chi connectivity index (χ0n) is 18.8. The second-order valence-electron chi connectivity index (χ2n) is 8.61. The largest absolute Gasteiger partial charge is 0.371 e. The number of para-hydroxylation sites is 1. The van der Waals surface area contributed by atoms with Crippen molar-refractivity contribution < 1.29 is 0 Å². The Morgan fingerprint density at radius 1 is 0.968 bits per heavy atom. The zero-order valence-corrected chi connectivity index (χ0v) is 21.1. The molecular weight excluding hydrogens is 501 g/mol. The first-order valence-corrected chi connectivity index (χ1v) is 11.4. The third-order valence-electron chi connectivity index (χ3n) is 6.46. The summed E-state index contributed by atoms with van der Waals surface area (Å²) in [6.45, 7) is 4.66. The predicted molar refractivity (Wildman–Crippen MR) is 137 cm³/mol. The van der Waals surface area contributed by atoms with Crippen molar-refractivity contribution >= 4 is 35.6 Å². The van der Waals surface area contributed by atoms with E-state index in [2.05, 4.69) is 56.1 Å². The number of nitrogens with one attached hydrogen (secondary N) is 2. The summed E-state index contributed by atoms with van der Waals surface area (Å²) >= 11 is 0. The fourth-order valence-corrected chi connectivity index (χ4v) is 4.43. The molecule has 1 aromatic heterocycles. The van der Waals surface area contributed by atoms with Gasteiger partial charge < -0.3 is 20.1 Å². The van der Waals surface area contributed by atoms with Crippen LogP contribution in [-0.4, -0.2) is 45.9 Å². The first-order chi connectivity index (χ1) is 14.7. The molecule has 2 aliphatic rings. The average Bonchev–Trinajstić information content (AvgIpc) is 3.11. The van der Waals surface area contributed by atoms with E-state index in [0.717, 1.165) is 43.5 Å². The summed E-state index contributed by atoms with van der Waals surface area (Å²) in [6.07, 6.45) is 8.67. The molecule has 1 aromatic carbocycles. The van der Waals surface area contributed by atoms with Crippen molar-refractivity contribution in [1.29, 1.82) is 0 Å². The number of aromatic nitrogens is 3. The lowest BCUT2D eigenvalue weighted by atomic mass is 9.95. The van der Waals surface area contributed by atoms with Crippen molar-refractivity contribution in [3.05, 3.63) is 42.0 Å². The SMILES string of the molecule is Cc1nnc(CN=C(NC2CCCCC2)NC2CCN(c3ccccc3)CC2)n1C.I. The number of hydrogen-bond acceptors (Lipinski definition) is 4. The number of piperidine rings is 1. The maximum Gasteiger partial charge on any atom is 0.192 e. The molecule has 0 unspecified atom stereocenters. The van der Waals surface area contributed by atoms with Gasteiger partial charge in [0.2, 0.25) is 0 Å². The van der Waals surface area contributed by atoms with Gasteiger partial charge in [0.1, 0.15) is 12.4 Å². The highest BCUT2D eigenvalue weighted by Gasteiger charge is 2.22. The van der Waals surface area contributed by atoms with Crippen molar-refractivity contribution in [2.45, 2.75) is 70.5 Å². The van der Waals surface area contributed by atoms with Gasteiger partial charge in [-0.25, -0.2) is 4.99 Å². The molecule has 7 nitrogen and oxygen atoms in total. The minimum absolute atomic E-state index is 0. The molecule has 1 saturated heterocycles. The van der Waals surface area contributed by atoms with E-state index >= 15 is 0 Å². The van der Waals surface area contributed by atoms with Gasteiger partial charge in [0.15, 0.2) is 11.8 Å². The first kappa shape index (κ1) is 23.8. The van der Waals surface area contributed by atoms with Gasteiger partial charge in [-0.15, -0.1) is 34.2 Å². The molecule has 0 radical (unpaired) electrons. The third kappa shape index (κ3) is 6.57. The Kier molecular flexibility index (Phi) is 8.98. The maximum absolute atomic E-state index is 4.89. The van der Waals surface area contributed by atoms with Crippen molar-refractivity contribution in [2.75, 3.05) is 18.0 Å². The highest BCUT2D eigenvalue weighted by atomic mass is 127. The lowest BCUT2D eigenvalue weighted by molar-refractivity contribution is 0.401. The van der Waals surface area contributed by atoms with Crippen LogP contribution in [0, 0.1) is 6.92 Å². The fourth-order valence-electron chi connectivity index (χ4n) is 4.43. The molecule has 0 bridgehead atoms. The normalized spacial score (nSPS) is 18.5. The van der Waals surface area contributed by atoms with E-state index in [9.17, 15) is 0 Å². The lowest BCUT2D eigenvalue weighted by Gasteiger charge is -2.35. The molecule has 8 heteroatoms. The van der Waals surface area contributed by atoms with E-state index in [0.29, 0.717) is 18.6 Å². The molecule has 0 atom stereocenters. The number of anilines is 1. The molecule has 2 heterocycles. The number of aliphatic imine (C=N–C) groups is 1. The number of nitrogens with zero attached hydrogens (tertiary/aromatic N) is 5. The van der Waals surface area contributed by atoms with Crippen LogP contribution in [0.5, 0.6) is 0 Å². The molecule has 1 aliphatic carbocycles. The van der Waals surface area contributed by atoms with Gasteiger partial charge in [-0.1, -0.05) is 37.5 Å². The Hall–Kier alpha value is -1.84. The fraction of sp³-hybridized carbons (Fsp3) is 0.609. The quantitative estimate of drug-likeness (QED) is 0.345. The van der Waals surface area contributed by atoms with Crippen molar-refractivity contribution in [3.8, 4) is 0 Å². The number of hydrogen-bond donors (Lipinski definition) is 2. The Morgan fingerprint density at radius 2 is 1.61 bits per heavy atom. The van der Waals surface area contributed by atoms with Gasteiger partial charge in [0, 0.05) is 37.9 Å². The molecule has 0 spiro atoms. The molecule has 1 saturated carbocycles. The molecule has 1 aliphatic heterocycles. The molecule has 31 heavy (non-hydrogen) atoms. The Balaban J connectivity index is 0.00000272. The van der Waals surface area contributed by atoms with E-state index in [1.54, 1.807) is 0 Å². The summed E-state index contributed by atoms with van der Waals surface area (Å²) in [4.78, 5) is 7.37. The topological polar surface area (TPSA) is 70.4 Å². The van der Waals surface area contributed by atoms with Gasteiger partial charge in [-0.05, 0) is 44.7 Å². The van der Waals surface area contributed by atoms with Crippen LogP contribution in [0.1, 0.15) is 56.6 Å². The van der Waals surface area contributed by atoms with E-state index in [1.807, 2.05) is 18.5 Å². The minimum atomic E-state index is 0. The number of halogens is 1. The van der Waals surface area contributed by atoms with Crippen LogP contribution in [0.2, 0.25) is 0 Å². The van der Waals surface area contributed by atoms with Crippen LogP contribution in [0.4, 0.5) is 5.69 Å². The van der Waals surface area contributed by atoms with E-state index < -0.39 is 0 Å².